The molecule has 0 amide bonds. The second-order valence-electron chi connectivity index (χ2n) is 8.37. The Balaban J connectivity index is 1.70. The first-order valence-electron chi connectivity index (χ1n) is 11.8. The number of carboxylic acid groups (broad SMARTS) is 1. The van der Waals surface area contributed by atoms with E-state index in [2.05, 4.69) is 54.1 Å². The number of imidazole rings is 1. The van der Waals surface area contributed by atoms with E-state index in [1.807, 2.05) is 24.3 Å². The smallest absolute Gasteiger partial charge is 0.336 e. The normalized spacial score (nSPS) is 11.1. The van der Waals surface area contributed by atoms with Gasteiger partial charge in [0.05, 0.1) is 22.3 Å². The number of carbonyl (C=O) groups is 1. The Morgan fingerprint density at radius 1 is 0.970 bits per heavy atom. The Morgan fingerprint density at radius 3 is 2.48 bits per heavy atom. The first-order chi connectivity index (χ1) is 16.1. The molecule has 0 spiro atoms. The van der Waals surface area contributed by atoms with Crippen LogP contribution in [-0.2, 0) is 13.0 Å². The lowest BCUT2D eigenvalue weighted by atomic mass is 9.99. The van der Waals surface area contributed by atoms with Crippen molar-refractivity contribution in [1.82, 2.24) is 9.55 Å². The second kappa shape index (κ2) is 10.3. The first-order valence-corrected chi connectivity index (χ1v) is 11.8. The van der Waals surface area contributed by atoms with E-state index in [-0.39, 0.29) is 0 Å². The summed E-state index contributed by atoms with van der Waals surface area (Å²) in [4.78, 5) is 16.6. The number of aryl methyl sites for hydroxylation is 1. The monoisotopic (exact) mass is 441 g/mol. The van der Waals surface area contributed by atoms with Crippen molar-refractivity contribution in [2.45, 2.75) is 46.1 Å². The summed E-state index contributed by atoms with van der Waals surface area (Å²) in [5.74, 6) is 0.199. The number of anilines is 1. The molecule has 0 aliphatic heterocycles. The number of aromatic nitrogens is 2. The minimum atomic E-state index is -0.910. The summed E-state index contributed by atoms with van der Waals surface area (Å²) in [5.41, 5.74) is 6.42. The fourth-order valence-electron chi connectivity index (χ4n) is 4.23. The number of hydrogen-bond donors (Lipinski definition) is 2. The highest BCUT2D eigenvalue weighted by Gasteiger charge is 2.15. The van der Waals surface area contributed by atoms with Gasteiger partial charge in [-0.1, -0.05) is 68.8 Å². The summed E-state index contributed by atoms with van der Waals surface area (Å²) >= 11 is 0. The van der Waals surface area contributed by atoms with Crippen molar-refractivity contribution in [3.63, 3.8) is 0 Å². The van der Waals surface area contributed by atoms with Gasteiger partial charge in [-0.2, -0.15) is 0 Å². The topological polar surface area (TPSA) is 67.2 Å². The Morgan fingerprint density at radius 2 is 1.76 bits per heavy atom. The van der Waals surface area contributed by atoms with Crippen LogP contribution in [0.2, 0.25) is 0 Å². The molecule has 1 aromatic heterocycles. The maximum atomic E-state index is 11.6. The van der Waals surface area contributed by atoms with E-state index >= 15 is 0 Å². The molecule has 3 aromatic carbocycles. The van der Waals surface area contributed by atoms with Gasteiger partial charge in [0.2, 0.25) is 0 Å². The molecule has 0 aliphatic rings. The van der Waals surface area contributed by atoms with Crippen LogP contribution in [0.15, 0.2) is 66.7 Å². The number of hydrogen-bond acceptors (Lipinski definition) is 3. The molecule has 0 atom stereocenters. The number of carboxylic acids is 1. The van der Waals surface area contributed by atoms with Crippen molar-refractivity contribution >= 4 is 22.7 Å². The van der Waals surface area contributed by atoms with Gasteiger partial charge < -0.3 is 15.0 Å². The summed E-state index contributed by atoms with van der Waals surface area (Å²) in [6, 6.07) is 21.6. The van der Waals surface area contributed by atoms with Gasteiger partial charge in [0.25, 0.3) is 0 Å². The molecule has 5 heteroatoms. The van der Waals surface area contributed by atoms with E-state index < -0.39 is 5.97 Å². The number of benzene rings is 3. The maximum Gasteiger partial charge on any atom is 0.336 e. The van der Waals surface area contributed by atoms with E-state index in [0.717, 1.165) is 78.0 Å². The third kappa shape index (κ3) is 4.92. The number of fused-ring (bicyclic) bond motifs is 1. The molecule has 2 N–H and O–H groups in total. The molecule has 5 nitrogen and oxygen atoms in total. The van der Waals surface area contributed by atoms with Gasteiger partial charge in [0.15, 0.2) is 0 Å². The summed E-state index contributed by atoms with van der Waals surface area (Å²) in [5, 5.41) is 13.1. The first kappa shape index (κ1) is 22.6. The average molecular weight is 442 g/mol. The molecule has 1 heterocycles. The van der Waals surface area contributed by atoms with Crippen LogP contribution in [0.1, 0.15) is 54.9 Å². The van der Waals surface area contributed by atoms with Crippen molar-refractivity contribution in [3.05, 3.63) is 83.7 Å². The van der Waals surface area contributed by atoms with Crippen LogP contribution in [0.25, 0.3) is 22.2 Å². The number of unbranched alkanes of at least 4 members (excludes halogenated alkanes) is 1. The number of nitrogens with zero attached hydrogens (tertiary/aromatic N) is 2. The van der Waals surface area contributed by atoms with E-state index in [4.69, 9.17) is 4.98 Å². The number of rotatable bonds is 10. The fraction of sp³-hybridized carbons (Fsp3) is 0.286. The van der Waals surface area contributed by atoms with Crippen LogP contribution in [-0.4, -0.2) is 27.2 Å². The Labute approximate surface area is 195 Å². The van der Waals surface area contributed by atoms with Crippen molar-refractivity contribution in [1.29, 1.82) is 0 Å². The molecule has 4 rings (SSSR count). The lowest BCUT2D eigenvalue weighted by Gasteiger charge is -2.14. The predicted octanol–water partition coefficient (Wildman–Crippen LogP) is 6.61. The SMILES string of the molecule is CCCCc1nc2cccc(NCCC)c2n1Cc1ccc(-c2ccccc2C(=O)O)cc1. The molecular formula is C28H31N3O2. The van der Waals surface area contributed by atoms with Crippen molar-refractivity contribution in [2.75, 3.05) is 11.9 Å². The number of para-hydroxylation sites is 1. The summed E-state index contributed by atoms with van der Waals surface area (Å²) < 4.78 is 2.34. The van der Waals surface area contributed by atoms with Crippen LogP contribution in [0.3, 0.4) is 0 Å². The highest BCUT2D eigenvalue weighted by molar-refractivity contribution is 5.96. The van der Waals surface area contributed by atoms with Crippen LogP contribution in [0.4, 0.5) is 5.69 Å². The number of nitrogens with one attached hydrogen (secondary N) is 1. The van der Waals surface area contributed by atoms with Crippen molar-refractivity contribution in [3.8, 4) is 11.1 Å². The molecule has 0 unspecified atom stereocenters. The lowest BCUT2D eigenvalue weighted by Crippen LogP contribution is -2.08. The molecule has 4 aromatic rings. The molecule has 0 bridgehead atoms. The minimum absolute atomic E-state index is 0.319. The van der Waals surface area contributed by atoms with Crippen molar-refractivity contribution in [2.24, 2.45) is 0 Å². The third-order valence-corrected chi connectivity index (χ3v) is 5.93. The van der Waals surface area contributed by atoms with E-state index in [1.165, 1.54) is 0 Å². The van der Waals surface area contributed by atoms with Crippen LogP contribution in [0.5, 0.6) is 0 Å². The van der Waals surface area contributed by atoms with Crippen LogP contribution in [0, 0.1) is 0 Å². The zero-order chi connectivity index (χ0) is 23.2. The van der Waals surface area contributed by atoms with Gasteiger partial charge in [0, 0.05) is 19.5 Å². The fourth-order valence-corrected chi connectivity index (χ4v) is 4.23. The zero-order valence-corrected chi connectivity index (χ0v) is 19.3. The maximum absolute atomic E-state index is 11.6. The molecule has 0 radical (unpaired) electrons. The molecule has 33 heavy (non-hydrogen) atoms. The quantitative estimate of drug-likeness (QED) is 0.290. The molecule has 170 valence electrons. The van der Waals surface area contributed by atoms with Crippen molar-refractivity contribution < 1.29 is 9.90 Å². The van der Waals surface area contributed by atoms with Gasteiger partial charge in [-0.15, -0.1) is 0 Å². The van der Waals surface area contributed by atoms with Gasteiger partial charge in [0.1, 0.15) is 5.82 Å². The Hall–Kier alpha value is -3.60. The minimum Gasteiger partial charge on any atom is -0.478 e. The lowest BCUT2D eigenvalue weighted by molar-refractivity contribution is 0.0697. The molecule has 0 fully saturated rings. The average Bonchev–Trinajstić information content (AvgIpc) is 3.19. The van der Waals surface area contributed by atoms with Gasteiger partial charge >= 0.3 is 5.97 Å². The van der Waals surface area contributed by atoms with E-state index in [9.17, 15) is 9.90 Å². The highest BCUT2D eigenvalue weighted by Crippen LogP contribution is 2.28. The largest absolute Gasteiger partial charge is 0.478 e. The highest BCUT2D eigenvalue weighted by atomic mass is 16.4. The summed E-state index contributed by atoms with van der Waals surface area (Å²) in [7, 11) is 0. The molecule has 0 saturated carbocycles. The Kier molecular flexibility index (Phi) is 7.08. The van der Waals surface area contributed by atoms with Gasteiger partial charge in [-0.3, -0.25) is 0 Å². The predicted molar refractivity (Wildman–Crippen MR) is 135 cm³/mol. The second-order valence-corrected chi connectivity index (χ2v) is 8.37. The van der Waals surface area contributed by atoms with E-state index in [1.54, 1.807) is 12.1 Å². The van der Waals surface area contributed by atoms with E-state index in [0.29, 0.717) is 5.56 Å². The molecule has 0 saturated heterocycles. The van der Waals surface area contributed by atoms with Gasteiger partial charge in [-0.25, -0.2) is 9.78 Å². The zero-order valence-electron chi connectivity index (χ0n) is 19.3. The molecule has 0 aliphatic carbocycles. The van der Waals surface area contributed by atoms with Crippen LogP contribution >= 0.6 is 0 Å². The van der Waals surface area contributed by atoms with Crippen LogP contribution < -0.4 is 5.32 Å². The Bertz CT molecular complexity index is 1240. The summed E-state index contributed by atoms with van der Waals surface area (Å²) in [6.07, 6.45) is 4.24. The molecular weight excluding hydrogens is 410 g/mol. The number of aromatic carboxylic acids is 1. The van der Waals surface area contributed by atoms with Gasteiger partial charge in [-0.05, 0) is 47.7 Å². The summed E-state index contributed by atoms with van der Waals surface area (Å²) in [6.45, 7) is 6.02. The third-order valence-electron chi connectivity index (χ3n) is 5.93. The standard InChI is InChI=1S/C28H31N3O2/c1-3-5-13-26-30-25-12-8-11-24(29-18-4-2)27(25)31(26)19-20-14-16-21(17-15-20)22-9-6-7-10-23(22)28(32)33/h6-12,14-17,29H,3-5,13,18-19H2,1-2H3,(H,32,33).